The normalized spacial score (nSPS) is 12.0. The monoisotopic (exact) mass is 302 g/mol. The van der Waals surface area contributed by atoms with Crippen molar-refractivity contribution in [3.63, 3.8) is 0 Å². The van der Waals surface area contributed by atoms with Crippen molar-refractivity contribution in [3.8, 4) is 0 Å². The third-order valence-corrected chi connectivity index (χ3v) is 3.99. The van der Waals surface area contributed by atoms with E-state index in [9.17, 15) is 4.79 Å². The Morgan fingerprint density at radius 1 is 1.40 bits per heavy atom. The van der Waals surface area contributed by atoms with E-state index < -0.39 is 0 Å². The second kappa shape index (κ2) is 5.23. The summed E-state index contributed by atoms with van der Waals surface area (Å²) in [6, 6.07) is 7.48. The van der Waals surface area contributed by atoms with Gasteiger partial charge >= 0.3 is 0 Å². The maximum atomic E-state index is 12.1. The summed E-state index contributed by atoms with van der Waals surface area (Å²) in [6.45, 7) is 1.93. The van der Waals surface area contributed by atoms with Crippen molar-refractivity contribution >= 4 is 44.9 Å². The SMILES string of the molecule is Cc1cccc2c(=O)[nH]c(/C(Cl)=C/c3ccsc3)nc12. The Hall–Kier alpha value is -1.91. The van der Waals surface area contributed by atoms with Gasteiger partial charge in [0.2, 0.25) is 0 Å². The molecular weight excluding hydrogens is 292 g/mol. The van der Waals surface area contributed by atoms with E-state index in [2.05, 4.69) is 9.97 Å². The van der Waals surface area contributed by atoms with Gasteiger partial charge < -0.3 is 4.98 Å². The van der Waals surface area contributed by atoms with Crippen LogP contribution in [-0.4, -0.2) is 9.97 Å². The molecule has 0 aliphatic heterocycles. The number of rotatable bonds is 2. The predicted octanol–water partition coefficient (Wildman–Crippen LogP) is 4.03. The van der Waals surface area contributed by atoms with Gasteiger partial charge in [-0.25, -0.2) is 4.98 Å². The summed E-state index contributed by atoms with van der Waals surface area (Å²) < 4.78 is 0. The molecule has 0 radical (unpaired) electrons. The molecule has 0 atom stereocenters. The van der Waals surface area contributed by atoms with Crippen molar-refractivity contribution in [3.05, 3.63) is 62.3 Å². The van der Waals surface area contributed by atoms with Crippen molar-refractivity contribution < 1.29 is 0 Å². The highest BCUT2D eigenvalue weighted by Gasteiger charge is 2.08. The number of thiophene rings is 1. The van der Waals surface area contributed by atoms with E-state index >= 15 is 0 Å². The van der Waals surface area contributed by atoms with Crippen LogP contribution in [0.1, 0.15) is 17.0 Å². The molecule has 5 heteroatoms. The fraction of sp³-hybridized carbons (Fsp3) is 0.0667. The lowest BCUT2D eigenvalue weighted by Gasteiger charge is -2.04. The van der Waals surface area contributed by atoms with Gasteiger partial charge in [-0.3, -0.25) is 4.79 Å². The first-order chi connectivity index (χ1) is 9.65. The van der Waals surface area contributed by atoms with E-state index in [1.807, 2.05) is 35.9 Å². The summed E-state index contributed by atoms with van der Waals surface area (Å²) in [4.78, 5) is 19.3. The van der Waals surface area contributed by atoms with Crippen LogP contribution < -0.4 is 5.56 Å². The van der Waals surface area contributed by atoms with Gasteiger partial charge in [0.1, 0.15) is 0 Å². The van der Waals surface area contributed by atoms with Gasteiger partial charge in [0.25, 0.3) is 5.56 Å². The Kier molecular flexibility index (Phi) is 3.42. The molecule has 2 aromatic heterocycles. The molecule has 0 saturated carbocycles. The molecule has 0 amide bonds. The first kappa shape index (κ1) is 13.1. The first-order valence-corrected chi connectivity index (χ1v) is 7.36. The van der Waals surface area contributed by atoms with Crippen LogP contribution in [0.3, 0.4) is 0 Å². The number of aromatic amines is 1. The maximum Gasteiger partial charge on any atom is 0.259 e. The molecule has 0 unspecified atom stereocenters. The van der Waals surface area contributed by atoms with Crippen LogP contribution in [0, 0.1) is 6.92 Å². The zero-order valence-corrected chi connectivity index (χ0v) is 12.3. The Balaban J connectivity index is 2.18. The summed E-state index contributed by atoms with van der Waals surface area (Å²) >= 11 is 7.84. The molecule has 1 N–H and O–H groups in total. The van der Waals surface area contributed by atoms with Crippen molar-refractivity contribution in [2.45, 2.75) is 6.92 Å². The van der Waals surface area contributed by atoms with Gasteiger partial charge in [-0.2, -0.15) is 11.3 Å². The van der Waals surface area contributed by atoms with Gasteiger partial charge in [0, 0.05) is 0 Å². The number of aryl methyl sites for hydroxylation is 1. The highest BCUT2D eigenvalue weighted by molar-refractivity contribution is 7.08. The van der Waals surface area contributed by atoms with Crippen LogP contribution in [0.15, 0.2) is 39.8 Å². The summed E-state index contributed by atoms with van der Waals surface area (Å²) in [5, 5.41) is 4.95. The third kappa shape index (κ3) is 2.40. The van der Waals surface area contributed by atoms with Crippen LogP contribution >= 0.6 is 22.9 Å². The Morgan fingerprint density at radius 3 is 3.00 bits per heavy atom. The fourth-order valence-corrected chi connectivity index (χ4v) is 2.82. The van der Waals surface area contributed by atoms with Gasteiger partial charge in [0.05, 0.1) is 15.9 Å². The first-order valence-electron chi connectivity index (χ1n) is 6.04. The lowest BCUT2D eigenvalue weighted by Crippen LogP contribution is -2.11. The summed E-state index contributed by atoms with van der Waals surface area (Å²) in [5.74, 6) is 0.393. The zero-order valence-electron chi connectivity index (χ0n) is 10.7. The highest BCUT2D eigenvalue weighted by Crippen LogP contribution is 2.21. The number of halogens is 1. The summed E-state index contributed by atoms with van der Waals surface area (Å²) in [6.07, 6.45) is 1.79. The van der Waals surface area contributed by atoms with Crippen LogP contribution in [0.2, 0.25) is 0 Å². The molecule has 100 valence electrons. The largest absolute Gasteiger partial charge is 0.305 e. The van der Waals surface area contributed by atoms with E-state index in [-0.39, 0.29) is 5.56 Å². The van der Waals surface area contributed by atoms with Gasteiger partial charge in [-0.15, -0.1) is 0 Å². The molecule has 20 heavy (non-hydrogen) atoms. The van der Waals surface area contributed by atoms with Crippen molar-refractivity contribution in [2.75, 3.05) is 0 Å². The number of fused-ring (bicyclic) bond motifs is 1. The Labute approximate surface area is 124 Å². The smallest absolute Gasteiger partial charge is 0.259 e. The Morgan fingerprint density at radius 2 is 2.25 bits per heavy atom. The minimum absolute atomic E-state index is 0.175. The summed E-state index contributed by atoms with van der Waals surface area (Å²) in [7, 11) is 0. The molecule has 1 aromatic carbocycles. The van der Waals surface area contributed by atoms with E-state index in [1.165, 1.54) is 0 Å². The van der Waals surface area contributed by atoms with Crippen LogP contribution in [0.4, 0.5) is 0 Å². The zero-order chi connectivity index (χ0) is 14.1. The number of aromatic nitrogens is 2. The number of nitrogens with zero attached hydrogens (tertiary/aromatic N) is 1. The molecule has 0 bridgehead atoms. The molecule has 0 aliphatic carbocycles. The molecule has 0 saturated heterocycles. The molecule has 0 spiro atoms. The van der Waals surface area contributed by atoms with E-state index in [0.717, 1.165) is 11.1 Å². The van der Waals surface area contributed by atoms with E-state index in [4.69, 9.17) is 11.6 Å². The maximum absolute atomic E-state index is 12.1. The van der Waals surface area contributed by atoms with Gasteiger partial charge in [-0.05, 0) is 47.0 Å². The molecule has 3 nitrogen and oxygen atoms in total. The summed E-state index contributed by atoms with van der Waals surface area (Å²) in [5.41, 5.74) is 2.45. The average molecular weight is 303 g/mol. The fourth-order valence-electron chi connectivity index (χ4n) is 1.99. The number of nitrogens with one attached hydrogen (secondary N) is 1. The minimum Gasteiger partial charge on any atom is -0.305 e. The van der Waals surface area contributed by atoms with Gasteiger partial charge in [0.15, 0.2) is 5.82 Å². The van der Waals surface area contributed by atoms with Crippen LogP contribution in [0.25, 0.3) is 22.0 Å². The van der Waals surface area contributed by atoms with Crippen molar-refractivity contribution in [1.29, 1.82) is 0 Å². The van der Waals surface area contributed by atoms with Crippen molar-refractivity contribution in [2.24, 2.45) is 0 Å². The second-order valence-corrected chi connectivity index (χ2v) is 5.62. The molecular formula is C15H11ClN2OS. The number of hydrogen-bond donors (Lipinski definition) is 1. The number of H-pyrrole nitrogens is 1. The molecule has 3 aromatic rings. The van der Waals surface area contributed by atoms with E-state index in [0.29, 0.717) is 21.8 Å². The standard InChI is InChI=1S/C15H11ClN2OS/c1-9-3-2-4-11-13(9)17-14(18-15(11)19)12(16)7-10-5-6-20-8-10/h2-8H,1H3,(H,17,18,19)/b12-7-. The predicted molar refractivity (Wildman–Crippen MR) is 85.1 cm³/mol. The van der Waals surface area contributed by atoms with Crippen LogP contribution in [-0.2, 0) is 0 Å². The minimum atomic E-state index is -0.175. The van der Waals surface area contributed by atoms with Crippen molar-refractivity contribution in [1.82, 2.24) is 9.97 Å². The average Bonchev–Trinajstić information content (AvgIpc) is 2.92. The Bertz CT molecular complexity index is 850. The lowest BCUT2D eigenvalue weighted by atomic mass is 10.1. The third-order valence-electron chi connectivity index (χ3n) is 3.00. The molecule has 3 rings (SSSR count). The molecule has 2 heterocycles. The number of benzene rings is 1. The topological polar surface area (TPSA) is 45.8 Å². The van der Waals surface area contributed by atoms with E-state index in [1.54, 1.807) is 23.5 Å². The van der Waals surface area contributed by atoms with Crippen LogP contribution in [0.5, 0.6) is 0 Å². The highest BCUT2D eigenvalue weighted by atomic mass is 35.5. The second-order valence-electron chi connectivity index (χ2n) is 4.43. The lowest BCUT2D eigenvalue weighted by molar-refractivity contribution is 1.13. The molecule has 0 fully saturated rings. The number of hydrogen-bond acceptors (Lipinski definition) is 3. The quantitative estimate of drug-likeness (QED) is 0.777. The van der Waals surface area contributed by atoms with Gasteiger partial charge in [-0.1, -0.05) is 23.7 Å². The molecule has 0 aliphatic rings. The number of para-hydroxylation sites is 1.